The maximum Gasteiger partial charge on any atom is 0.313 e. The number of aryl methyl sites for hydroxylation is 2. The summed E-state index contributed by atoms with van der Waals surface area (Å²) >= 11 is 5.85. The van der Waals surface area contributed by atoms with E-state index in [2.05, 4.69) is 16.0 Å². The first-order chi connectivity index (χ1) is 11.8. The third kappa shape index (κ3) is 5.61. The molecule has 0 unspecified atom stereocenters. The molecule has 0 aliphatic heterocycles. The fourth-order valence-electron chi connectivity index (χ4n) is 2.11. The molecule has 0 aromatic heterocycles. The van der Waals surface area contributed by atoms with Crippen molar-refractivity contribution >= 4 is 40.7 Å². The van der Waals surface area contributed by atoms with Gasteiger partial charge in [-0.25, -0.2) is 0 Å². The van der Waals surface area contributed by atoms with Crippen molar-refractivity contribution in [3.8, 4) is 0 Å². The molecule has 0 aliphatic carbocycles. The molecule has 2 aromatic carbocycles. The number of rotatable bonds is 4. The highest BCUT2D eigenvalue weighted by Crippen LogP contribution is 2.19. The maximum atomic E-state index is 11.9. The van der Waals surface area contributed by atoms with E-state index in [0.717, 1.165) is 11.1 Å². The monoisotopic (exact) mass is 359 g/mol. The molecule has 0 atom stereocenters. The number of hydrogen-bond donors (Lipinski definition) is 3. The summed E-state index contributed by atoms with van der Waals surface area (Å²) in [7, 11) is 0. The van der Waals surface area contributed by atoms with Gasteiger partial charge in [-0.3, -0.25) is 14.4 Å². The minimum atomic E-state index is -0.885. The summed E-state index contributed by atoms with van der Waals surface area (Å²) in [6.07, 6.45) is 0. The molecule has 130 valence electrons. The number of carbonyl (C=O) groups excluding carboxylic acids is 3. The van der Waals surface area contributed by atoms with Crippen LogP contribution in [0.2, 0.25) is 5.02 Å². The van der Waals surface area contributed by atoms with Crippen molar-refractivity contribution in [1.29, 1.82) is 0 Å². The molecule has 3 N–H and O–H groups in total. The lowest BCUT2D eigenvalue weighted by Crippen LogP contribution is -2.39. The zero-order valence-electron chi connectivity index (χ0n) is 13.9. The highest BCUT2D eigenvalue weighted by molar-refractivity contribution is 6.40. The molecule has 7 heteroatoms. The Bertz CT molecular complexity index is 821. The number of nitrogens with one attached hydrogen (secondary N) is 3. The van der Waals surface area contributed by atoms with Gasteiger partial charge in [0.2, 0.25) is 5.91 Å². The van der Waals surface area contributed by atoms with Crippen LogP contribution in [0.15, 0.2) is 42.5 Å². The smallest absolute Gasteiger partial charge is 0.313 e. The lowest BCUT2D eigenvalue weighted by atomic mass is 10.2. The molecule has 2 aromatic rings. The quantitative estimate of drug-likeness (QED) is 0.733. The molecule has 0 aliphatic rings. The Morgan fingerprint density at radius 3 is 2.40 bits per heavy atom. The molecule has 0 bridgehead atoms. The number of benzene rings is 2. The van der Waals surface area contributed by atoms with Gasteiger partial charge in [-0.05, 0) is 55.3 Å². The Balaban J connectivity index is 1.84. The Kier molecular flexibility index (Phi) is 6.14. The largest absolute Gasteiger partial charge is 0.339 e. The third-order valence-electron chi connectivity index (χ3n) is 3.35. The van der Waals surface area contributed by atoms with Crippen LogP contribution in [0.3, 0.4) is 0 Å². The van der Waals surface area contributed by atoms with Gasteiger partial charge in [0.1, 0.15) is 0 Å². The second-order valence-corrected chi connectivity index (χ2v) is 5.95. The molecular formula is C18H18ClN3O3. The Morgan fingerprint density at radius 1 is 0.960 bits per heavy atom. The molecule has 0 fully saturated rings. The minimum absolute atomic E-state index is 0.317. The zero-order valence-corrected chi connectivity index (χ0v) is 14.6. The number of anilines is 2. The van der Waals surface area contributed by atoms with Crippen LogP contribution in [-0.2, 0) is 14.4 Å². The van der Waals surface area contributed by atoms with Gasteiger partial charge in [0.25, 0.3) is 0 Å². The van der Waals surface area contributed by atoms with Crippen molar-refractivity contribution in [2.75, 3.05) is 17.2 Å². The number of amides is 3. The molecule has 2 rings (SSSR count). The van der Waals surface area contributed by atoms with Gasteiger partial charge in [0.05, 0.1) is 6.54 Å². The SMILES string of the molecule is Cc1cccc(NC(=O)C(=O)NCC(=O)Nc2ccc(Cl)cc2C)c1. The van der Waals surface area contributed by atoms with E-state index in [1.54, 1.807) is 43.3 Å². The predicted molar refractivity (Wildman–Crippen MR) is 97.6 cm³/mol. The van der Waals surface area contributed by atoms with Crippen LogP contribution in [0.25, 0.3) is 0 Å². The van der Waals surface area contributed by atoms with Gasteiger partial charge in [-0.15, -0.1) is 0 Å². The number of halogens is 1. The first kappa shape index (κ1) is 18.5. The average molecular weight is 360 g/mol. The molecule has 0 saturated heterocycles. The Labute approximate surface area is 150 Å². The summed E-state index contributed by atoms with van der Waals surface area (Å²) in [5, 5.41) is 7.96. The molecule has 0 heterocycles. The molecule has 3 amide bonds. The van der Waals surface area contributed by atoms with E-state index in [4.69, 9.17) is 11.6 Å². The first-order valence-electron chi connectivity index (χ1n) is 7.57. The van der Waals surface area contributed by atoms with Crippen molar-refractivity contribution < 1.29 is 14.4 Å². The van der Waals surface area contributed by atoms with Crippen LogP contribution in [0, 0.1) is 13.8 Å². The second-order valence-electron chi connectivity index (χ2n) is 5.51. The van der Waals surface area contributed by atoms with Crippen LogP contribution >= 0.6 is 11.6 Å². The van der Waals surface area contributed by atoms with E-state index in [-0.39, 0.29) is 6.54 Å². The van der Waals surface area contributed by atoms with Crippen LogP contribution in [0.4, 0.5) is 11.4 Å². The molecule has 25 heavy (non-hydrogen) atoms. The summed E-state index contributed by atoms with van der Waals surface area (Å²) < 4.78 is 0. The van der Waals surface area contributed by atoms with Crippen molar-refractivity contribution in [2.24, 2.45) is 0 Å². The first-order valence-corrected chi connectivity index (χ1v) is 7.95. The van der Waals surface area contributed by atoms with E-state index in [1.165, 1.54) is 0 Å². The molecular weight excluding hydrogens is 342 g/mol. The van der Waals surface area contributed by atoms with Crippen LogP contribution < -0.4 is 16.0 Å². The Hall–Kier alpha value is -2.86. The third-order valence-corrected chi connectivity index (χ3v) is 3.59. The van der Waals surface area contributed by atoms with Gasteiger partial charge < -0.3 is 16.0 Å². The lowest BCUT2D eigenvalue weighted by molar-refractivity contribution is -0.136. The predicted octanol–water partition coefficient (Wildman–Crippen LogP) is 2.65. The van der Waals surface area contributed by atoms with Gasteiger partial charge in [0, 0.05) is 16.4 Å². The van der Waals surface area contributed by atoms with Crippen molar-refractivity contribution in [3.63, 3.8) is 0 Å². The van der Waals surface area contributed by atoms with Gasteiger partial charge in [-0.1, -0.05) is 23.7 Å². The van der Waals surface area contributed by atoms with Crippen LogP contribution in [-0.4, -0.2) is 24.3 Å². The molecule has 6 nitrogen and oxygen atoms in total. The van der Waals surface area contributed by atoms with Gasteiger partial charge in [-0.2, -0.15) is 0 Å². The summed E-state index contributed by atoms with van der Waals surface area (Å²) in [6, 6.07) is 12.1. The van der Waals surface area contributed by atoms with Crippen molar-refractivity contribution in [2.45, 2.75) is 13.8 Å². The summed E-state index contributed by atoms with van der Waals surface area (Å²) in [6.45, 7) is 3.36. The van der Waals surface area contributed by atoms with Crippen molar-refractivity contribution in [1.82, 2.24) is 5.32 Å². The van der Waals surface area contributed by atoms with E-state index < -0.39 is 17.7 Å². The fourth-order valence-corrected chi connectivity index (χ4v) is 2.34. The zero-order chi connectivity index (χ0) is 18.4. The topological polar surface area (TPSA) is 87.3 Å². The highest BCUT2D eigenvalue weighted by atomic mass is 35.5. The number of hydrogen-bond acceptors (Lipinski definition) is 3. The van der Waals surface area contributed by atoms with E-state index in [1.807, 2.05) is 13.0 Å². The summed E-state index contributed by atoms with van der Waals surface area (Å²) in [5.74, 6) is -2.16. The average Bonchev–Trinajstić information content (AvgIpc) is 2.55. The lowest BCUT2D eigenvalue weighted by Gasteiger charge is -2.10. The van der Waals surface area contributed by atoms with Crippen molar-refractivity contribution in [3.05, 3.63) is 58.6 Å². The van der Waals surface area contributed by atoms with E-state index in [0.29, 0.717) is 16.4 Å². The van der Waals surface area contributed by atoms with E-state index in [9.17, 15) is 14.4 Å². The second kappa shape index (κ2) is 8.30. The van der Waals surface area contributed by atoms with Gasteiger partial charge >= 0.3 is 11.8 Å². The van der Waals surface area contributed by atoms with Crippen LogP contribution in [0.1, 0.15) is 11.1 Å². The summed E-state index contributed by atoms with van der Waals surface area (Å²) in [4.78, 5) is 35.5. The standard InChI is InChI=1S/C18H18ClN3O3/c1-11-4-3-5-14(8-11)21-18(25)17(24)20-10-16(23)22-15-7-6-13(19)9-12(15)2/h3-9H,10H2,1-2H3,(H,20,24)(H,21,25)(H,22,23). The molecule has 0 radical (unpaired) electrons. The molecule has 0 saturated carbocycles. The maximum absolute atomic E-state index is 11.9. The normalized spacial score (nSPS) is 10.0. The van der Waals surface area contributed by atoms with E-state index >= 15 is 0 Å². The number of carbonyl (C=O) groups is 3. The highest BCUT2D eigenvalue weighted by Gasteiger charge is 2.15. The fraction of sp³-hybridized carbons (Fsp3) is 0.167. The molecule has 0 spiro atoms. The Morgan fingerprint density at radius 2 is 1.72 bits per heavy atom. The van der Waals surface area contributed by atoms with Crippen LogP contribution in [0.5, 0.6) is 0 Å². The minimum Gasteiger partial charge on any atom is -0.339 e. The summed E-state index contributed by atoms with van der Waals surface area (Å²) in [5.41, 5.74) is 2.86. The van der Waals surface area contributed by atoms with Gasteiger partial charge in [0.15, 0.2) is 0 Å².